The van der Waals surface area contributed by atoms with Crippen LogP contribution in [0.25, 0.3) is 0 Å². The van der Waals surface area contributed by atoms with Crippen molar-refractivity contribution in [3.05, 3.63) is 29.8 Å². The van der Waals surface area contributed by atoms with Crippen molar-refractivity contribution in [3.63, 3.8) is 0 Å². The molecular weight excluding hydrogens is 340 g/mol. The first-order chi connectivity index (χ1) is 12.5. The van der Waals surface area contributed by atoms with E-state index in [-0.39, 0.29) is 56.7 Å². The molecule has 0 aliphatic heterocycles. The second-order valence-electron chi connectivity index (χ2n) is 5.42. The van der Waals surface area contributed by atoms with E-state index >= 15 is 0 Å². The molecule has 142 valence electrons. The van der Waals surface area contributed by atoms with E-state index in [1.807, 2.05) is 6.07 Å². The smallest absolute Gasteiger partial charge is 0.307 e. The summed E-state index contributed by atoms with van der Waals surface area (Å²) in [7, 11) is 1.31. The van der Waals surface area contributed by atoms with E-state index in [2.05, 4.69) is 15.4 Å². The number of carbonyl (C=O) groups is 4. The van der Waals surface area contributed by atoms with Crippen LogP contribution in [0, 0.1) is 0 Å². The van der Waals surface area contributed by atoms with Crippen molar-refractivity contribution in [3.8, 4) is 0 Å². The molecule has 0 fully saturated rings. The molecule has 8 heteroatoms. The Morgan fingerprint density at radius 2 is 1.85 bits per heavy atom. The molecule has 0 radical (unpaired) electrons. The van der Waals surface area contributed by atoms with Crippen LogP contribution in [0.2, 0.25) is 0 Å². The van der Waals surface area contributed by atoms with Gasteiger partial charge in [-0.3, -0.25) is 14.4 Å². The SMILES string of the molecule is COC(=O)CCOCCC(=O)Nc1cccc(CNC(=O)CCC=O)c1. The van der Waals surface area contributed by atoms with E-state index in [0.29, 0.717) is 18.5 Å². The minimum Gasteiger partial charge on any atom is -0.469 e. The highest BCUT2D eigenvalue weighted by molar-refractivity contribution is 5.90. The molecule has 0 bridgehead atoms. The van der Waals surface area contributed by atoms with Gasteiger partial charge in [0.15, 0.2) is 0 Å². The Morgan fingerprint density at radius 1 is 1.08 bits per heavy atom. The van der Waals surface area contributed by atoms with Crippen LogP contribution >= 0.6 is 0 Å². The summed E-state index contributed by atoms with van der Waals surface area (Å²) in [5.41, 5.74) is 1.45. The summed E-state index contributed by atoms with van der Waals surface area (Å²) in [6, 6.07) is 7.10. The lowest BCUT2D eigenvalue weighted by Crippen LogP contribution is -2.22. The van der Waals surface area contributed by atoms with Gasteiger partial charge in [-0.15, -0.1) is 0 Å². The van der Waals surface area contributed by atoms with Gasteiger partial charge in [-0.2, -0.15) is 0 Å². The lowest BCUT2D eigenvalue weighted by atomic mass is 10.2. The molecule has 0 heterocycles. The fourth-order valence-corrected chi connectivity index (χ4v) is 1.99. The summed E-state index contributed by atoms with van der Waals surface area (Å²) < 4.78 is 9.68. The first-order valence-corrected chi connectivity index (χ1v) is 8.29. The number of hydrogen-bond donors (Lipinski definition) is 2. The highest BCUT2D eigenvalue weighted by atomic mass is 16.5. The fourth-order valence-electron chi connectivity index (χ4n) is 1.99. The quantitative estimate of drug-likeness (QED) is 0.327. The zero-order valence-corrected chi connectivity index (χ0v) is 14.8. The zero-order chi connectivity index (χ0) is 19.2. The van der Waals surface area contributed by atoms with Crippen LogP contribution in [0.15, 0.2) is 24.3 Å². The molecule has 0 saturated carbocycles. The Bertz CT molecular complexity index is 617. The van der Waals surface area contributed by atoms with E-state index < -0.39 is 0 Å². The predicted octanol–water partition coefficient (Wildman–Crippen LogP) is 1.19. The highest BCUT2D eigenvalue weighted by Gasteiger charge is 2.05. The van der Waals surface area contributed by atoms with E-state index in [1.54, 1.807) is 18.2 Å². The average Bonchev–Trinajstić information content (AvgIpc) is 2.64. The monoisotopic (exact) mass is 364 g/mol. The number of anilines is 1. The molecule has 0 spiro atoms. The Hall–Kier alpha value is -2.74. The Kier molecular flexibility index (Phi) is 10.3. The molecule has 0 atom stereocenters. The van der Waals surface area contributed by atoms with Gasteiger partial charge in [-0.25, -0.2) is 0 Å². The lowest BCUT2D eigenvalue weighted by Gasteiger charge is -2.09. The number of carbonyl (C=O) groups excluding carboxylic acids is 4. The summed E-state index contributed by atoms with van der Waals surface area (Å²) in [4.78, 5) is 44.5. The second-order valence-corrected chi connectivity index (χ2v) is 5.42. The van der Waals surface area contributed by atoms with Crippen molar-refractivity contribution in [2.24, 2.45) is 0 Å². The Balaban J connectivity index is 2.31. The number of aldehydes is 1. The van der Waals surface area contributed by atoms with Gasteiger partial charge in [0, 0.05) is 25.1 Å². The summed E-state index contributed by atoms with van der Waals surface area (Å²) in [5, 5.41) is 5.45. The van der Waals surface area contributed by atoms with Gasteiger partial charge >= 0.3 is 5.97 Å². The number of methoxy groups -OCH3 is 1. The maximum Gasteiger partial charge on any atom is 0.307 e. The molecule has 8 nitrogen and oxygen atoms in total. The third-order valence-electron chi connectivity index (χ3n) is 3.34. The number of amides is 2. The van der Waals surface area contributed by atoms with Gasteiger partial charge < -0.3 is 24.9 Å². The van der Waals surface area contributed by atoms with Crippen LogP contribution < -0.4 is 10.6 Å². The minimum atomic E-state index is -0.357. The van der Waals surface area contributed by atoms with Gasteiger partial charge in [0.05, 0.1) is 33.2 Å². The molecule has 0 saturated heterocycles. The molecule has 0 aromatic heterocycles. The van der Waals surface area contributed by atoms with Crippen LogP contribution in [-0.4, -0.2) is 44.4 Å². The summed E-state index contributed by atoms with van der Waals surface area (Å²) in [5.74, 6) is -0.768. The van der Waals surface area contributed by atoms with Crippen LogP contribution in [0.3, 0.4) is 0 Å². The van der Waals surface area contributed by atoms with Crippen LogP contribution in [0.1, 0.15) is 31.2 Å². The Labute approximate surface area is 152 Å². The highest BCUT2D eigenvalue weighted by Crippen LogP contribution is 2.11. The minimum absolute atomic E-state index is 0.152. The summed E-state index contributed by atoms with van der Waals surface area (Å²) in [6.07, 6.45) is 1.38. The number of ether oxygens (including phenoxy) is 2. The standard InChI is InChI=1S/C18H24N2O6/c1-25-18(24)8-11-26-10-7-17(23)20-15-5-2-4-14(12-15)13-19-16(22)6-3-9-21/h2,4-5,9,12H,3,6-8,10-11,13H2,1H3,(H,19,22)(H,20,23). The van der Waals surface area contributed by atoms with E-state index in [1.165, 1.54) is 7.11 Å². The number of benzene rings is 1. The zero-order valence-electron chi connectivity index (χ0n) is 14.8. The van der Waals surface area contributed by atoms with Gasteiger partial charge in [0.25, 0.3) is 0 Å². The first kappa shape index (κ1) is 21.3. The average molecular weight is 364 g/mol. The third-order valence-corrected chi connectivity index (χ3v) is 3.34. The van der Waals surface area contributed by atoms with Crippen LogP contribution in [0.5, 0.6) is 0 Å². The van der Waals surface area contributed by atoms with Gasteiger partial charge in [0.2, 0.25) is 11.8 Å². The molecule has 0 unspecified atom stereocenters. The van der Waals surface area contributed by atoms with E-state index in [4.69, 9.17) is 4.74 Å². The van der Waals surface area contributed by atoms with Crippen molar-refractivity contribution < 1.29 is 28.7 Å². The molecule has 2 amide bonds. The van der Waals surface area contributed by atoms with Crippen molar-refractivity contribution in [1.29, 1.82) is 0 Å². The molecule has 1 aromatic rings. The largest absolute Gasteiger partial charge is 0.469 e. The summed E-state index contributed by atoms with van der Waals surface area (Å²) in [6.45, 7) is 0.729. The van der Waals surface area contributed by atoms with Crippen molar-refractivity contribution in [1.82, 2.24) is 5.32 Å². The van der Waals surface area contributed by atoms with Crippen LogP contribution in [-0.2, 0) is 35.2 Å². The molecule has 26 heavy (non-hydrogen) atoms. The molecular formula is C18H24N2O6. The number of hydrogen-bond acceptors (Lipinski definition) is 6. The van der Waals surface area contributed by atoms with Gasteiger partial charge in [-0.05, 0) is 17.7 Å². The number of rotatable bonds is 12. The van der Waals surface area contributed by atoms with Gasteiger partial charge in [-0.1, -0.05) is 12.1 Å². The topological polar surface area (TPSA) is 111 Å². The normalized spacial score (nSPS) is 10.0. The maximum atomic E-state index is 11.9. The summed E-state index contributed by atoms with van der Waals surface area (Å²) >= 11 is 0. The molecule has 0 aliphatic rings. The lowest BCUT2D eigenvalue weighted by molar-refractivity contribution is -0.141. The fraction of sp³-hybridized carbons (Fsp3) is 0.444. The third kappa shape index (κ3) is 9.53. The number of nitrogens with one attached hydrogen (secondary N) is 2. The van der Waals surface area contributed by atoms with Crippen molar-refractivity contribution >= 4 is 29.8 Å². The maximum absolute atomic E-state index is 11.9. The Morgan fingerprint density at radius 3 is 2.58 bits per heavy atom. The van der Waals surface area contributed by atoms with E-state index in [9.17, 15) is 19.2 Å². The molecule has 1 aromatic carbocycles. The second kappa shape index (κ2) is 12.6. The van der Waals surface area contributed by atoms with Crippen molar-refractivity contribution in [2.75, 3.05) is 25.6 Å². The number of esters is 1. The first-order valence-electron chi connectivity index (χ1n) is 8.29. The van der Waals surface area contributed by atoms with E-state index in [0.717, 1.165) is 5.56 Å². The van der Waals surface area contributed by atoms with Crippen LogP contribution in [0.4, 0.5) is 5.69 Å². The van der Waals surface area contributed by atoms with Gasteiger partial charge in [0.1, 0.15) is 6.29 Å². The molecule has 2 N–H and O–H groups in total. The van der Waals surface area contributed by atoms with Crippen molar-refractivity contribution in [2.45, 2.75) is 32.2 Å². The molecule has 1 rings (SSSR count). The molecule has 0 aliphatic carbocycles. The predicted molar refractivity (Wildman–Crippen MR) is 94.3 cm³/mol.